The van der Waals surface area contributed by atoms with Crippen LogP contribution in [0.3, 0.4) is 0 Å². The number of hydrogen-bond acceptors (Lipinski definition) is 6. The normalized spacial score (nSPS) is 15.2. The van der Waals surface area contributed by atoms with Gasteiger partial charge in [-0.05, 0) is 29.9 Å². The Balaban J connectivity index is 2.86. The molecule has 0 N–H and O–H groups in total. The Labute approximate surface area is 145 Å². The standard InChI is InChI=1S/C16H26O6S2/c1-5-13(2)14-6-8-15(9-7-14)16(12-22-24(4,19)20)10-11-21-23(3,17)18/h6-9,13,16H,5,10-12H2,1-4H3. The third-order valence-electron chi connectivity index (χ3n) is 3.84. The molecule has 0 heterocycles. The highest BCUT2D eigenvalue weighted by molar-refractivity contribution is 7.86. The molecule has 2 atom stereocenters. The number of benzene rings is 1. The second kappa shape index (κ2) is 8.94. The summed E-state index contributed by atoms with van der Waals surface area (Å²) in [6, 6.07) is 7.87. The first-order chi connectivity index (χ1) is 11.0. The predicted molar refractivity (Wildman–Crippen MR) is 94.1 cm³/mol. The molecule has 0 spiro atoms. The maximum Gasteiger partial charge on any atom is 0.264 e. The number of hydrogen-bond donors (Lipinski definition) is 0. The van der Waals surface area contributed by atoms with Gasteiger partial charge in [-0.3, -0.25) is 8.37 Å². The van der Waals surface area contributed by atoms with E-state index in [1.54, 1.807) is 0 Å². The van der Waals surface area contributed by atoms with Gasteiger partial charge in [0.05, 0.1) is 25.7 Å². The van der Waals surface area contributed by atoms with E-state index in [1.807, 2.05) is 24.3 Å². The average molecular weight is 379 g/mol. The maximum atomic E-state index is 11.2. The third-order valence-corrected chi connectivity index (χ3v) is 5.00. The molecular weight excluding hydrogens is 352 g/mol. The largest absolute Gasteiger partial charge is 0.270 e. The highest BCUT2D eigenvalue weighted by Crippen LogP contribution is 2.25. The quantitative estimate of drug-likeness (QED) is 0.582. The van der Waals surface area contributed by atoms with Crippen LogP contribution in [0.15, 0.2) is 24.3 Å². The van der Waals surface area contributed by atoms with E-state index in [0.717, 1.165) is 24.5 Å². The van der Waals surface area contributed by atoms with E-state index in [1.165, 1.54) is 5.56 Å². The fourth-order valence-corrected chi connectivity index (χ4v) is 3.04. The van der Waals surface area contributed by atoms with Crippen molar-refractivity contribution in [3.05, 3.63) is 35.4 Å². The van der Waals surface area contributed by atoms with Crippen LogP contribution in [-0.2, 0) is 28.6 Å². The zero-order valence-corrected chi connectivity index (χ0v) is 16.2. The molecular formula is C16H26O6S2. The summed E-state index contributed by atoms with van der Waals surface area (Å²) in [4.78, 5) is 0. The molecule has 0 saturated heterocycles. The zero-order valence-electron chi connectivity index (χ0n) is 14.6. The predicted octanol–water partition coefficient (Wildman–Crippen LogP) is 2.63. The second-order valence-electron chi connectivity index (χ2n) is 5.98. The van der Waals surface area contributed by atoms with Crippen molar-refractivity contribution in [2.75, 3.05) is 25.7 Å². The summed E-state index contributed by atoms with van der Waals surface area (Å²) in [6.45, 7) is 4.18. The first kappa shape index (κ1) is 21.1. The summed E-state index contributed by atoms with van der Waals surface area (Å²) >= 11 is 0. The highest BCUT2D eigenvalue weighted by Gasteiger charge is 2.17. The summed E-state index contributed by atoms with van der Waals surface area (Å²) in [7, 11) is -7.09. The van der Waals surface area contributed by atoms with Crippen LogP contribution in [0.5, 0.6) is 0 Å². The molecule has 6 nitrogen and oxygen atoms in total. The molecule has 1 aromatic rings. The second-order valence-corrected chi connectivity index (χ2v) is 9.26. The molecule has 24 heavy (non-hydrogen) atoms. The van der Waals surface area contributed by atoms with Gasteiger partial charge in [-0.25, -0.2) is 0 Å². The minimum atomic E-state index is -3.57. The minimum absolute atomic E-state index is 0.0241. The van der Waals surface area contributed by atoms with Gasteiger partial charge in [-0.15, -0.1) is 0 Å². The maximum absolute atomic E-state index is 11.2. The monoisotopic (exact) mass is 378 g/mol. The van der Waals surface area contributed by atoms with Crippen LogP contribution in [0.2, 0.25) is 0 Å². The van der Waals surface area contributed by atoms with Crippen molar-refractivity contribution in [3.63, 3.8) is 0 Å². The van der Waals surface area contributed by atoms with Crippen LogP contribution >= 0.6 is 0 Å². The topological polar surface area (TPSA) is 86.7 Å². The van der Waals surface area contributed by atoms with Crippen molar-refractivity contribution < 1.29 is 25.2 Å². The third kappa shape index (κ3) is 8.23. The molecule has 1 rings (SSSR count). The van der Waals surface area contributed by atoms with Crippen molar-refractivity contribution in [1.29, 1.82) is 0 Å². The molecule has 0 aliphatic heterocycles. The van der Waals surface area contributed by atoms with Crippen molar-refractivity contribution in [2.24, 2.45) is 0 Å². The van der Waals surface area contributed by atoms with E-state index in [0.29, 0.717) is 12.3 Å². The van der Waals surface area contributed by atoms with Crippen LogP contribution in [0.4, 0.5) is 0 Å². The van der Waals surface area contributed by atoms with E-state index in [9.17, 15) is 16.8 Å². The van der Waals surface area contributed by atoms with Crippen LogP contribution in [0.25, 0.3) is 0 Å². The smallest absolute Gasteiger partial charge is 0.264 e. The Bertz CT molecular complexity index is 707. The summed E-state index contributed by atoms with van der Waals surface area (Å²) in [6.07, 6.45) is 3.34. The lowest BCUT2D eigenvalue weighted by Gasteiger charge is -2.18. The minimum Gasteiger partial charge on any atom is -0.270 e. The van der Waals surface area contributed by atoms with Gasteiger partial charge in [0.2, 0.25) is 0 Å². The molecule has 0 fully saturated rings. The molecule has 0 radical (unpaired) electrons. The molecule has 8 heteroatoms. The van der Waals surface area contributed by atoms with Gasteiger partial charge in [0.25, 0.3) is 20.2 Å². The summed E-state index contributed by atoms with van der Waals surface area (Å²) in [5.41, 5.74) is 2.10. The van der Waals surface area contributed by atoms with Crippen LogP contribution in [0, 0.1) is 0 Å². The van der Waals surface area contributed by atoms with Crippen LogP contribution in [-0.4, -0.2) is 42.6 Å². The average Bonchev–Trinajstić information content (AvgIpc) is 2.48. The van der Waals surface area contributed by atoms with Crippen molar-refractivity contribution in [1.82, 2.24) is 0 Å². The van der Waals surface area contributed by atoms with Gasteiger partial charge in [-0.1, -0.05) is 38.1 Å². The van der Waals surface area contributed by atoms with E-state index in [2.05, 4.69) is 13.8 Å². The van der Waals surface area contributed by atoms with Gasteiger partial charge < -0.3 is 0 Å². The van der Waals surface area contributed by atoms with Crippen LogP contribution in [0.1, 0.15) is 49.7 Å². The van der Waals surface area contributed by atoms with Crippen LogP contribution < -0.4 is 0 Å². The first-order valence-corrected chi connectivity index (χ1v) is 11.4. The van der Waals surface area contributed by atoms with Gasteiger partial charge in [0.1, 0.15) is 0 Å². The zero-order chi connectivity index (χ0) is 18.4. The van der Waals surface area contributed by atoms with Crippen molar-refractivity contribution >= 4 is 20.2 Å². The molecule has 0 amide bonds. The SMILES string of the molecule is CCC(C)c1ccc(C(CCOS(C)(=O)=O)COS(C)(=O)=O)cc1. The fourth-order valence-electron chi connectivity index (χ4n) is 2.23. The summed E-state index contributed by atoms with van der Waals surface area (Å²) < 4.78 is 54.3. The molecule has 138 valence electrons. The lowest BCUT2D eigenvalue weighted by Crippen LogP contribution is -2.15. The Morgan fingerprint density at radius 3 is 1.88 bits per heavy atom. The molecule has 0 aromatic heterocycles. The molecule has 0 saturated carbocycles. The van der Waals surface area contributed by atoms with Gasteiger partial charge >= 0.3 is 0 Å². The van der Waals surface area contributed by atoms with E-state index in [-0.39, 0.29) is 19.1 Å². The molecule has 0 bridgehead atoms. The Hall–Kier alpha value is -0.960. The Morgan fingerprint density at radius 2 is 1.42 bits per heavy atom. The van der Waals surface area contributed by atoms with E-state index in [4.69, 9.17) is 8.37 Å². The van der Waals surface area contributed by atoms with Gasteiger partial charge in [-0.2, -0.15) is 16.8 Å². The summed E-state index contributed by atoms with van der Waals surface area (Å²) in [5, 5.41) is 0. The molecule has 0 aliphatic carbocycles. The van der Waals surface area contributed by atoms with Gasteiger partial charge in [0.15, 0.2) is 0 Å². The molecule has 0 aliphatic rings. The fraction of sp³-hybridized carbons (Fsp3) is 0.625. The first-order valence-electron chi connectivity index (χ1n) is 7.80. The van der Waals surface area contributed by atoms with Gasteiger partial charge in [0, 0.05) is 5.92 Å². The highest BCUT2D eigenvalue weighted by atomic mass is 32.2. The Kier molecular flexibility index (Phi) is 7.85. The lowest BCUT2D eigenvalue weighted by molar-refractivity contribution is 0.251. The van der Waals surface area contributed by atoms with E-state index < -0.39 is 20.2 Å². The number of rotatable bonds is 10. The molecule has 2 unspecified atom stereocenters. The molecule has 1 aromatic carbocycles. The Morgan fingerprint density at radius 1 is 0.917 bits per heavy atom. The van der Waals surface area contributed by atoms with Crippen molar-refractivity contribution in [3.8, 4) is 0 Å². The van der Waals surface area contributed by atoms with Crippen molar-refractivity contribution in [2.45, 2.75) is 38.5 Å². The summed E-state index contributed by atoms with van der Waals surface area (Å²) in [5.74, 6) is 0.172. The lowest BCUT2D eigenvalue weighted by atomic mass is 9.92. The van der Waals surface area contributed by atoms with E-state index >= 15 is 0 Å².